The molecule has 28 heavy (non-hydrogen) atoms. The van der Waals surface area contributed by atoms with E-state index >= 15 is 0 Å². The highest BCUT2D eigenvalue weighted by Gasteiger charge is 2.05. The fourth-order valence-electron chi connectivity index (χ4n) is 3.11. The number of fused-ring (bicyclic) bond motifs is 2. The summed E-state index contributed by atoms with van der Waals surface area (Å²) in [5.74, 6) is 1.20. The maximum atomic E-state index is 4.57. The molecular formula is C22H16N6. The highest BCUT2D eigenvalue weighted by Crippen LogP contribution is 2.25. The number of nitrogens with zero attached hydrogens (tertiary/aromatic N) is 4. The van der Waals surface area contributed by atoms with Crippen molar-refractivity contribution in [3.05, 3.63) is 85.3 Å². The van der Waals surface area contributed by atoms with Crippen LogP contribution in [0.1, 0.15) is 0 Å². The molecule has 2 aromatic carbocycles. The van der Waals surface area contributed by atoms with Crippen LogP contribution in [0.15, 0.2) is 85.3 Å². The van der Waals surface area contributed by atoms with E-state index in [1.165, 1.54) is 0 Å². The number of aromatic nitrogens is 4. The Morgan fingerprint density at radius 2 is 1.61 bits per heavy atom. The maximum absolute atomic E-state index is 4.57. The van der Waals surface area contributed by atoms with E-state index in [1.807, 2.05) is 66.7 Å². The van der Waals surface area contributed by atoms with Crippen LogP contribution in [0.25, 0.3) is 21.8 Å². The quantitative estimate of drug-likeness (QED) is 0.464. The van der Waals surface area contributed by atoms with Crippen molar-refractivity contribution in [2.75, 3.05) is 10.6 Å². The second kappa shape index (κ2) is 6.92. The summed E-state index contributed by atoms with van der Waals surface area (Å²) in [4.78, 5) is 17.8. The summed E-state index contributed by atoms with van der Waals surface area (Å²) in [6, 6.07) is 21.7. The van der Waals surface area contributed by atoms with Gasteiger partial charge in [-0.1, -0.05) is 24.3 Å². The van der Waals surface area contributed by atoms with E-state index in [-0.39, 0.29) is 0 Å². The Kier molecular flexibility index (Phi) is 3.99. The van der Waals surface area contributed by atoms with Crippen molar-refractivity contribution < 1.29 is 0 Å². The molecule has 0 aliphatic rings. The molecule has 6 heteroatoms. The minimum absolute atomic E-state index is 0.509. The summed E-state index contributed by atoms with van der Waals surface area (Å²) in [5, 5.41) is 8.67. The lowest BCUT2D eigenvalue weighted by atomic mass is 10.2. The van der Waals surface area contributed by atoms with Crippen molar-refractivity contribution in [2.45, 2.75) is 0 Å². The number of para-hydroxylation sites is 1. The Bertz CT molecular complexity index is 1280. The molecule has 134 valence electrons. The standard InChI is InChI=1S/C22H16N6/c1-2-7-18-15(5-1)13-16(14-25-18)26-21-10-12-24-22(28-21)27-20-9-3-8-19-17(20)6-4-11-23-19/h1-14H,(H2,24,26,27,28). The van der Waals surface area contributed by atoms with E-state index in [9.17, 15) is 0 Å². The first-order valence-corrected chi connectivity index (χ1v) is 8.91. The third-order valence-corrected chi connectivity index (χ3v) is 4.41. The molecule has 0 unspecified atom stereocenters. The molecule has 5 rings (SSSR count). The lowest BCUT2D eigenvalue weighted by Gasteiger charge is -2.10. The number of nitrogens with one attached hydrogen (secondary N) is 2. The molecule has 0 saturated carbocycles. The van der Waals surface area contributed by atoms with Gasteiger partial charge in [0.15, 0.2) is 0 Å². The molecule has 0 aliphatic carbocycles. The fourth-order valence-corrected chi connectivity index (χ4v) is 3.11. The van der Waals surface area contributed by atoms with Crippen LogP contribution >= 0.6 is 0 Å². The van der Waals surface area contributed by atoms with Crippen LogP contribution in [-0.4, -0.2) is 19.9 Å². The zero-order chi connectivity index (χ0) is 18.8. The third-order valence-electron chi connectivity index (χ3n) is 4.41. The predicted octanol–water partition coefficient (Wildman–Crippen LogP) is 5.06. The third kappa shape index (κ3) is 3.19. The minimum Gasteiger partial charge on any atom is -0.339 e. The minimum atomic E-state index is 0.509. The number of hydrogen-bond acceptors (Lipinski definition) is 6. The first kappa shape index (κ1) is 16.1. The highest BCUT2D eigenvalue weighted by molar-refractivity contribution is 5.92. The first-order valence-electron chi connectivity index (χ1n) is 8.91. The largest absolute Gasteiger partial charge is 0.339 e. The van der Waals surface area contributed by atoms with Gasteiger partial charge >= 0.3 is 0 Å². The topological polar surface area (TPSA) is 75.6 Å². The number of pyridine rings is 2. The zero-order valence-electron chi connectivity index (χ0n) is 14.9. The van der Waals surface area contributed by atoms with Crippen LogP contribution in [-0.2, 0) is 0 Å². The van der Waals surface area contributed by atoms with E-state index in [0.717, 1.165) is 33.2 Å². The van der Waals surface area contributed by atoms with Gasteiger partial charge in [-0.15, -0.1) is 0 Å². The van der Waals surface area contributed by atoms with Crippen molar-refractivity contribution in [2.24, 2.45) is 0 Å². The molecule has 0 bridgehead atoms. The zero-order valence-corrected chi connectivity index (χ0v) is 14.9. The van der Waals surface area contributed by atoms with Gasteiger partial charge in [0.25, 0.3) is 0 Å². The van der Waals surface area contributed by atoms with Gasteiger partial charge in [-0.2, -0.15) is 4.98 Å². The van der Waals surface area contributed by atoms with Gasteiger partial charge in [0.2, 0.25) is 5.95 Å². The van der Waals surface area contributed by atoms with E-state index < -0.39 is 0 Å². The van der Waals surface area contributed by atoms with E-state index in [0.29, 0.717) is 11.8 Å². The van der Waals surface area contributed by atoms with Gasteiger partial charge in [0.05, 0.1) is 28.6 Å². The normalized spacial score (nSPS) is 10.9. The van der Waals surface area contributed by atoms with Gasteiger partial charge in [0.1, 0.15) is 5.82 Å². The van der Waals surface area contributed by atoms with Crippen molar-refractivity contribution in [1.82, 2.24) is 19.9 Å². The fraction of sp³-hybridized carbons (Fsp3) is 0. The van der Waals surface area contributed by atoms with Gasteiger partial charge in [0, 0.05) is 23.2 Å². The Hall–Kier alpha value is -4.06. The van der Waals surface area contributed by atoms with Crippen LogP contribution in [0.4, 0.5) is 23.1 Å². The number of benzene rings is 2. The van der Waals surface area contributed by atoms with E-state index in [1.54, 1.807) is 18.6 Å². The molecule has 0 radical (unpaired) electrons. The molecule has 0 fully saturated rings. The lowest BCUT2D eigenvalue weighted by Crippen LogP contribution is -2.01. The molecule has 0 amide bonds. The SMILES string of the molecule is c1ccc2ncc(Nc3ccnc(Nc4cccc5ncccc45)n3)cc2c1. The van der Waals surface area contributed by atoms with Crippen molar-refractivity contribution in [3.8, 4) is 0 Å². The van der Waals surface area contributed by atoms with Gasteiger partial charge < -0.3 is 10.6 Å². The predicted molar refractivity (Wildman–Crippen MR) is 112 cm³/mol. The molecular weight excluding hydrogens is 348 g/mol. The Balaban J connectivity index is 1.42. The molecule has 3 aromatic heterocycles. The summed E-state index contributed by atoms with van der Waals surface area (Å²) >= 11 is 0. The average molecular weight is 364 g/mol. The Labute approximate surface area is 161 Å². The van der Waals surface area contributed by atoms with Gasteiger partial charge in [-0.25, -0.2) is 4.98 Å². The van der Waals surface area contributed by atoms with E-state index in [4.69, 9.17) is 0 Å². The average Bonchev–Trinajstić information content (AvgIpc) is 2.74. The lowest BCUT2D eigenvalue weighted by molar-refractivity contribution is 1.17. The molecule has 5 aromatic rings. The number of anilines is 4. The molecule has 0 aliphatic heterocycles. The summed E-state index contributed by atoms with van der Waals surface area (Å²) < 4.78 is 0. The van der Waals surface area contributed by atoms with Crippen LogP contribution in [0.3, 0.4) is 0 Å². The second-order valence-corrected chi connectivity index (χ2v) is 6.31. The smallest absolute Gasteiger partial charge is 0.229 e. The summed E-state index contributed by atoms with van der Waals surface area (Å²) in [5.41, 5.74) is 3.67. The molecule has 6 nitrogen and oxygen atoms in total. The first-order chi connectivity index (χ1) is 13.8. The van der Waals surface area contributed by atoms with Crippen molar-refractivity contribution in [1.29, 1.82) is 0 Å². The molecule has 3 heterocycles. The second-order valence-electron chi connectivity index (χ2n) is 6.31. The molecule has 0 atom stereocenters. The van der Waals surface area contributed by atoms with Crippen molar-refractivity contribution in [3.63, 3.8) is 0 Å². The molecule has 0 saturated heterocycles. The van der Waals surface area contributed by atoms with Crippen LogP contribution in [0, 0.1) is 0 Å². The highest BCUT2D eigenvalue weighted by atomic mass is 15.1. The number of rotatable bonds is 4. The maximum Gasteiger partial charge on any atom is 0.229 e. The summed E-state index contributed by atoms with van der Waals surface area (Å²) in [6.07, 6.45) is 5.30. The monoisotopic (exact) mass is 364 g/mol. The van der Waals surface area contributed by atoms with E-state index in [2.05, 4.69) is 30.6 Å². The molecule has 2 N–H and O–H groups in total. The van der Waals surface area contributed by atoms with Gasteiger partial charge in [-0.05, 0) is 42.5 Å². The Morgan fingerprint density at radius 3 is 2.61 bits per heavy atom. The van der Waals surface area contributed by atoms with Gasteiger partial charge in [-0.3, -0.25) is 9.97 Å². The molecule has 0 spiro atoms. The van der Waals surface area contributed by atoms with Crippen LogP contribution in [0.5, 0.6) is 0 Å². The van der Waals surface area contributed by atoms with Crippen molar-refractivity contribution >= 4 is 44.9 Å². The Morgan fingerprint density at radius 1 is 0.679 bits per heavy atom. The number of hydrogen-bond donors (Lipinski definition) is 2. The van der Waals surface area contributed by atoms with Crippen LogP contribution in [0.2, 0.25) is 0 Å². The van der Waals surface area contributed by atoms with Crippen LogP contribution < -0.4 is 10.6 Å². The summed E-state index contributed by atoms with van der Waals surface area (Å²) in [7, 11) is 0. The summed E-state index contributed by atoms with van der Waals surface area (Å²) in [6.45, 7) is 0.